The van der Waals surface area contributed by atoms with Crippen molar-refractivity contribution in [2.75, 3.05) is 0 Å². The van der Waals surface area contributed by atoms with Crippen molar-refractivity contribution in [1.82, 2.24) is 9.78 Å². The number of nitrogens with zero attached hydrogens (tertiary/aromatic N) is 2. The second-order valence-electron chi connectivity index (χ2n) is 5.52. The van der Waals surface area contributed by atoms with E-state index in [1.54, 1.807) is 16.9 Å². The van der Waals surface area contributed by atoms with Crippen molar-refractivity contribution in [3.8, 4) is 5.69 Å². The van der Waals surface area contributed by atoms with Crippen LogP contribution < -0.4 is 5.43 Å². The molecule has 1 aromatic heterocycles. The topological polar surface area (TPSA) is 34.9 Å². The van der Waals surface area contributed by atoms with Crippen molar-refractivity contribution in [2.24, 2.45) is 0 Å². The standard InChI is InChI=1S/C20H19N2O/c1-3-16-9-7-8-12-18(16)15(2)20-19(23)13-14-22(21-20)17-10-5-4-6-11-17/h4-8,10-15H,3H2,1-2H3. The molecule has 0 bridgehead atoms. The van der Waals surface area contributed by atoms with Crippen LogP contribution in [0.2, 0.25) is 0 Å². The molecule has 3 rings (SSSR count). The Hall–Kier alpha value is -2.68. The first-order chi connectivity index (χ1) is 11.2. The van der Waals surface area contributed by atoms with E-state index in [0.29, 0.717) is 5.69 Å². The number of rotatable bonds is 4. The van der Waals surface area contributed by atoms with E-state index in [-0.39, 0.29) is 11.3 Å². The molecule has 0 aliphatic heterocycles. The molecule has 0 fully saturated rings. The Morgan fingerprint density at radius 3 is 2.65 bits per heavy atom. The lowest BCUT2D eigenvalue weighted by molar-refractivity contribution is 0.737. The second-order valence-corrected chi connectivity index (χ2v) is 5.52. The molecule has 0 aliphatic carbocycles. The van der Waals surface area contributed by atoms with Crippen LogP contribution in [0.5, 0.6) is 0 Å². The van der Waals surface area contributed by atoms with Crippen molar-refractivity contribution in [2.45, 2.75) is 26.2 Å². The van der Waals surface area contributed by atoms with Crippen LogP contribution in [0, 0.1) is 6.07 Å². The summed E-state index contributed by atoms with van der Waals surface area (Å²) < 4.78 is 1.76. The average Bonchev–Trinajstić information content (AvgIpc) is 2.62. The lowest BCUT2D eigenvalue weighted by atomic mass is 9.92. The lowest BCUT2D eigenvalue weighted by Crippen LogP contribution is -2.19. The van der Waals surface area contributed by atoms with Gasteiger partial charge in [-0.1, -0.05) is 50.2 Å². The van der Waals surface area contributed by atoms with Crippen LogP contribution in [0.25, 0.3) is 5.69 Å². The summed E-state index contributed by atoms with van der Waals surface area (Å²) in [6.45, 7) is 4.13. The van der Waals surface area contributed by atoms with E-state index >= 15 is 0 Å². The predicted octanol–water partition coefficient (Wildman–Crippen LogP) is 3.75. The summed E-state index contributed by atoms with van der Waals surface area (Å²) in [5.41, 5.74) is 3.72. The predicted molar refractivity (Wildman–Crippen MR) is 92.0 cm³/mol. The Labute approximate surface area is 136 Å². The number of benzene rings is 2. The Bertz CT molecular complexity index is 853. The SMILES string of the molecule is CCc1[c]cccc1C(C)c1nn(-c2ccccc2)ccc1=O. The molecule has 3 aromatic rings. The van der Waals surface area contributed by atoms with E-state index in [4.69, 9.17) is 0 Å². The van der Waals surface area contributed by atoms with Crippen LogP contribution in [-0.2, 0) is 6.42 Å². The molecular formula is C20H19N2O. The van der Waals surface area contributed by atoms with Crippen molar-refractivity contribution in [3.63, 3.8) is 0 Å². The Kier molecular flexibility index (Phi) is 4.38. The monoisotopic (exact) mass is 303 g/mol. The van der Waals surface area contributed by atoms with Crippen LogP contribution >= 0.6 is 0 Å². The van der Waals surface area contributed by atoms with Crippen molar-refractivity contribution in [3.05, 3.63) is 93.9 Å². The van der Waals surface area contributed by atoms with E-state index in [0.717, 1.165) is 23.2 Å². The molecule has 0 saturated heterocycles. The van der Waals surface area contributed by atoms with Gasteiger partial charge in [-0.3, -0.25) is 4.79 Å². The molecule has 2 aromatic carbocycles. The average molecular weight is 303 g/mol. The molecule has 0 spiro atoms. The Balaban J connectivity index is 2.07. The van der Waals surface area contributed by atoms with Gasteiger partial charge in [0.2, 0.25) is 5.43 Å². The normalized spacial score (nSPS) is 12.1. The van der Waals surface area contributed by atoms with E-state index in [1.165, 1.54) is 0 Å². The van der Waals surface area contributed by atoms with Crippen LogP contribution in [0.4, 0.5) is 0 Å². The summed E-state index contributed by atoms with van der Waals surface area (Å²) in [6.07, 6.45) is 2.60. The van der Waals surface area contributed by atoms with Crippen LogP contribution in [0.15, 0.2) is 65.6 Å². The molecule has 23 heavy (non-hydrogen) atoms. The maximum absolute atomic E-state index is 12.3. The zero-order valence-corrected chi connectivity index (χ0v) is 13.4. The summed E-state index contributed by atoms with van der Waals surface area (Å²) in [6, 6.07) is 20.6. The molecular weight excluding hydrogens is 284 g/mol. The fourth-order valence-corrected chi connectivity index (χ4v) is 2.79. The first-order valence-corrected chi connectivity index (χ1v) is 7.85. The molecule has 1 heterocycles. The highest BCUT2D eigenvalue weighted by Gasteiger charge is 2.17. The van der Waals surface area contributed by atoms with Gasteiger partial charge in [0.1, 0.15) is 5.69 Å². The van der Waals surface area contributed by atoms with Gasteiger partial charge in [-0.25, -0.2) is 4.68 Å². The lowest BCUT2D eigenvalue weighted by Gasteiger charge is -2.16. The number of para-hydroxylation sites is 1. The quantitative estimate of drug-likeness (QED) is 0.736. The van der Waals surface area contributed by atoms with E-state index in [1.807, 2.05) is 49.4 Å². The number of aromatic nitrogens is 2. The van der Waals surface area contributed by atoms with Crippen LogP contribution in [0.1, 0.15) is 36.6 Å². The van der Waals surface area contributed by atoms with Gasteiger partial charge >= 0.3 is 0 Å². The van der Waals surface area contributed by atoms with Gasteiger partial charge in [0.25, 0.3) is 0 Å². The zero-order chi connectivity index (χ0) is 16.2. The fourth-order valence-electron chi connectivity index (χ4n) is 2.79. The molecule has 3 nitrogen and oxygen atoms in total. The van der Waals surface area contributed by atoms with Gasteiger partial charge in [0, 0.05) is 18.2 Å². The van der Waals surface area contributed by atoms with Gasteiger partial charge in [-0.2, -0.15) is 5.10 Å². The van der Waals surface area contributed by atoms with Crippen molar-refractivity contribution < 1.29 is 0 Å². The van der Waals surface area contributed by atoms with Gasteiger partial charge in [-0.15, -0.1) is 0 Å². The molecule has 1 radical (unpaired) electrons. The zero-order valence-electron chi connectivity index (χ0n) is 13.4. The smallest absolute Gasteiger partial charge is 0.203 e. The van der Waals surface area contributed by atoms with Gasteiger partial charge in [0.15, 0.2) is 0 Å². The molecule has 0 saturated carbocycles. The highest BCUT2D eigenvalue weighted by molar-refractivity contribution is 5.35. The Morgan fingerprint density at radius 2 is 1.91 bits per heavy atom. The van der Waals surface area contributed by atoms with Gasteiger partial charge < -0.3 is 0 Å². The van der Waals surface area contributed by atoms with E-state index in [2.05, 4.69) is 24.2 Å². The number of hydrogen-bond donors (Lipinski definition) is 0. The number of hydrogen-bond acceptors (Lipinski definition) is 2. The van der Waals surface area contributed by atoms with Crippen molar-refractivity contribution >= 4 is 0 Å². The third-order valence-electron chi connectivity index (χ3n) is 4.06. The van der Waals surface area contributed by atoms with Gasteiger partial charge in [-0.05, 0) is 35.7 Å². The summed E-state index contributed by atoms with van der Waals surface area (Å²) in [7, 11) is 0. The van der Waals surface area contributed by atoms with Crippen LogP contribution in [-0.4, -0.2) is 9.78 Å². The summed E-state index contributed by atoms with van der Waals surface area (Å²) >= 11 is 0. The molecule has 115 valence electrons. The van der Waals surface area contributed by atoms with Gasteiger partial charge in [0.05, 0.1) is 5.69 Å². The largest absolute Gasteiger partial charge is 0.288 e. The summed E-state index contributed by atoms with van der Waals surface area (Å²) in [5, 5.41) is 4.58. The highest BCUT2D eigenvalue weighted by atomic mass is 16.1. The second kappa shape index (κ2) is 6.61. The van der Waals surface area contributed by atoms with E-state index in [9.17, 15) is 4.79 Å². The molecule has 0 N–H and O–H groups in total. The maximum Gasteiger partial charge on any atom is 0.203 e. The number of aryl methyl sites for hydroxylation is 1. The summed E-state index contributed by atoms with van der Waals surface area (Å²) in [5.74, 6) is -0.0638. The van der Waals surface area contributed by atoms with E-state index < -0.39 is 0 Å². The molecule has 0 aliphatic rings. The van der Waals surface area contributed by atoms with Crippen LogP contribution in [0.3, 0.4) is 0 Å². The fraction of sp³-hybridized carbons (Fsp3) is 0.200. The molecule has 0 amide bonds. The minimum absolute atomic E-state index is 0.0319. The van der Waals surface area contributed by atoms with Crippen molar-refractivity contribution in [1.29, 1.82) is 0 Å². The molecule has 1 atom stereocenters. The first-order valence-electron chi connectivity index (χ1n) is 7.85. The first kappa shape index (κ1) is 15.2. The minimum Gasteiger partial charge on any atom is -0.288 e. The highest BCUT2D eigenvalue weighted by Crippen LogP contribution is 2.24. The summed E-state index contributed by atoms with van der Waals surface area (Å²) in [4.78, 5) is 12.3. The molecule has 1 unspecified atom stereocenters. The minimum atomic E-state index is -0.0638. The molecule has 3 heteroatoms. The maximum atomic E-state index is 12.3. The third-order valence-corrected chi connectivity index (χ3v) is 4.06. The third kappa shape index (κ3) is 3.09. The Morgan fingerprint density at radius 1 is 1.13 bits per heavy atom.